The summed E-state index contributed by atoms with van der Waals surface area (Å²) < 4.78 is 1.24. The number of hydrogen-bond donors (Lipinski definition) is 1. The van der Waals surface area contributed by atoms with Crippen molar-refractivity contribution in [3.63, 3.8) is 0 Å². The van der Waals surface area contributed by atoms with Gasteiger partial charge in [0.15, 0.2) is 11.6 Å². The van der Waals surface area contributed by atoms with Crippen LogP contribution in [0.1, 0.15) is 5.56 Å². The Balaban J connectivity index is 2.19. The van der Waals surface area contributed by atoms with Crippen LogP contribution < -0.4 is 0 Å². The van der Waals surface area contributed by atoms with Crippen molar-refractivity contribution >= 4 is 28.1 Å². The topological polar surface area (TPSA) is 54.5 Å². The van der Waals surface area contributed by atoms with Gasteiger partial charge in [-0.05, 0) is 34.0 Å². The van der Waals surface area contributed by atoms with E-state index in [0.29, 0.717) is 16.3 Å². The second-order valence-electron chi connectivity index (χ2n) is 4.53. The molecule has 0 saturated carbocycles. The average Bonchev–Trinajstić information content (AvgIpc) is 2.51. The summed E-state index contributed by atoms with van der Waals surface area (Å²) in [6.07, 6.45) is 3.51. The third-order valence-corrected chi connectivity index (χ3v) is 4.25. The van der Waals surface area contributed by atoms with Crippen molar-refractivity contribution in [3.05, 3.63) is 57.4 Å². The van der Waals surface area contributed by atoms with E-state index < -0.39 is 0 Å². The molecule has 4 nitrogen and oxygen atoms in total. The third kappa shape index (κ3) is 2.91. The summed E-state index contributed by atoms with van der Waals surface area (Å²) in [4.78, 5) is 16.2. The van der Waals surface area contributed by atoms with Crippen molar-refractivity contribution in [1.82, 2.24) is 19.9 Å². The van der Waals surface area contributed by atoms with Crippen molar-refractivity contribution in [2.24, 2.45) is 0 Å². The molecule has 104 valence electrons. The first-order chi connectivity index (χ1) is 10.1. The number of rotatable bonds is 2. The van der Waals surface area contributed by atoms with E-state index in [0.717, 1.165) is 21.3 Å². The third-order valence-electron chi connectivity index (χ3n) is 2.92. The lowest BCUT2D eigenvalue weighted by Crippen LogP contribution is -1.98. The minimum atomic E-state index is 0.478. The second kappa shape index (κ2) is 5.83. The number of H-pyrrole nitrogens is 1. The van der Waals surface area contributed by atoms with Gasteiger partial charge >= 0.3 is 0 Å². The standard InChI is InChI=1S/C15H11BrN4S/c1-9-7-17-13(18-8-9)14-19-12(11(16)15(21)20-14)10-5-3-2-4-6-10/h2-8H,1H3,(H,19,20,21). The molecular weight excluding hydrogens is 348 g/mol. The second-order valence-corrected chi connectivity index (χ2v) is 5.71. The number of aromatic nitrogens is 4. The fourth-order valence-electron chi connectivity index (χ4n) is 1.88. The van der Waals surface area contributed by atoms with Crippen molar-refractivity contribution in [3.8, 4) is 22.9 Å². The molecule has 3 aromatic rings. The maximum absolute atomic E-state index is 5.32. The van der Waals surface area contributed by atoms with Gasteiger partial charge in [-0.15, -0.1) is 0 Å². The Hall–Kier alpha value is -1.92. The average molecular weight is 359 g/mol. The minimum Gasteiger partial charge on any atom is -0.336 e. The fraction of sp³-hybridized carbons (Fsp3) is 0.0667. The Morgan fingerprint density at radius 2 is 1.76 bits per heavy atom. The van der Waals surface area contributed by atoms with E-state index in [1.807, 2.05) is 37.3 Å². The monoisotopic (exact) mass is 358 g/mol. The van der Waals surface area contributed by atoms with Crippen LogP contribution in [0.4, 0.5) is 0 Å². The zero-order chi connectivity index (χ0) is 14.8. The lowest BCUT2D eigenvalue weighted by Gasteiger charge is -2.08. The Morgan fingerprint density at radius 1 is 1.10 bits per heavy atom. The fourth-order valence-corrected chi connectivity index (χ4v) is 2.49. The van der Waals surface area contributed by atoms with E-state index in [4.69, 9.17) is 12.2 Å². The maximum atomic E-state index is 5.32. The summed E-state index contributed by atoms with van der Waals surface area (Å²) in [5, 5.41) is 0. The van der Waals surface area contributed by atoms with Crippen LogP contribution in [0.2, 0.25) is 0 Å². The number of nitrogens with zero attached hydrogens (tertiary/aromatic N) is 3. The van der Waals surface area contributed by atoms with E-state index >= 15 is 0 Å². The highest BCUT2D eigenvalue weighted by molar-refractivity contribution is 9.10. The molecule has 2 aromatic heterocycles. The molecule has 3 rings (SSSR count). The van der Waals surface area contributed by atoms with Gasteiger partial charge in [0.2, 0.25) is 0 Å². The first-order valence-electron chi connectivity index (χ1n) is 6.29. The Kier molecular flexibility index (Phi) is 3.90. The van der Waals surface area contributed by atoms with Gasteiger partial charge in [0, 0.05) is 12.4 Å². The number of aromatic amines is 1. The van der Waals surface area contributed by atoms with E-state index in [1.54, 1.807) is 12.4 Å². The number of hydrogen-bond acceptors (Lipinski definition) is 4. The van der Waals surface area contributed by atoms with Gasteiger partial charge in [0.05, 0.1) is 10.2 Å². The summed E-state index contributed by atoms with van der Waals surface area (Å²) in [5.74, 6) is 1.08. The Labute approximate surface area is 135 Å². The lowest BCUT2D eigenvalue weighted by molar-refractivity contribution is 1.05. The van der Waals surface area contributed by atoms with E-state index in [2.05, 4.69) is 35.9 Å². The molecule has 0 atom stereocenters. The van der Waals surface area contributed by atoms with Crippen molar-refractivity contribution in [2.75, 3.05) is 0 Å². The SMILES string of the molecule is Cc1cnc(-c2nc(=S)c(Br)c(-c3ccccc3)[nH]2)nc1. The van der Waals surface area contributed by atoms with Crippen LogP contribution in [0.3, 0.4) is 0 Å². The van der Waals surface area contributed by atoms with Crippen LogP contribution in [-0.4, -0.2) is 19.9 Å². The van der Waals surface area contributed by atoms with Gasteiger partial charge in [-0.1, -0.05) is 42.5 Å². The molecule has 1 N–H and O–H groups in total. The molecule has 0 unspecified atom stereocenters. The predicted octanol–water partition coefficient (Wildman–Crippen LogP) is 4.33. The minimum absolute atomic E-state index is 0.478. The molecule has 0 saturated heterocycles. The highest BCUT2D eigenvalue weighted by Crippen LogP contribution is 2.28. The van der Waals surface area contributed by atoms with Gasteiger partial charge in [-0.3, -0.25) is 0 Å². The van der Waals surface area contributed by atoms with Crippen molar-refractivity contribution in [1.29, 1.82) is 0 Å². The first-order valence-corrected chi connectivity index (χ1v) is 7.49. The van der Waals surface area contributed by atoms with Crippen LogP contribution in [0.25, 0.3) is 22.9 Å². The quantitative estimate of drug-likeness (QED) is 0.692. The summed E-state index contributed by atoms with van der Waals surface area (Å²) in [6, 6.07) is 9.93. The summed E-state index contributed by atoms with van der Waals surface area (Å²) in [6.45, 7) is 1.94. The molecule has 0 bridgehead atoms. The van der Waals surface area contributed by atoms with Crippen LogP contribution in [-0.2, 0) is 0 Å². The van der Waals surface area contributed by atoms with E-state index in [1.165, 1.54) is 0 Å². The summed E-state index contributed by atoms with van der Waals surface area (Å²) in [7, 11) is 0. The molecule has 0 radical (unpaired) electrons. The molecule has 0 aliphatic carbocycles. The largest absolute Gasteiger partial charge is 0.336 e. The molecule has 6 heteroatoms. The highest BCUT2D eigenvalue weighted by atomic mass is 79.9. The molecule has 1 aromatic carbocycles. The Bertz CT molecular complexity index is 829. The van der Waals surface area contributed by atoms with Crippen molar-refractivity contribution in [2.45, 2.75) is 6.92 Å². The number of halogens is 1. The molecular formula is C15H11BrN4S. The van der Waals surface area contributed by atoms with Gasteiger partial charge < -0.3 is 4.98 Å². The normalized spacial score (nSPS) is 10.6. The van der Waals surface area contributed by atoms with Crippen LogP contribution in [0, 0.1) is 11.6 Å². The van der Waals surface area contributed by atoms with Gasteiger partial charge in [0.1, 0.15) is 4.64 Å². The molecule has 0 amide bonds. The van der Waals surface area contributed by atoms with Crippen LogP contribution in [0.5, 0.6) is 0 Å². The van der Waals surface area contributed by atoms with Crippen LogP contribution >= 0.6 is 28.1 Å². The van der Waals surface area contributed by atoms with E-state index in [-0.39, 0.29) is 0 Å². The molecule has 2 heterocycles. The Morgan fingerprint density at radius 3 is 2.43 bits per heavy atom. The van der Waals surface area contributed by atoms with Gasteiger partial charge in [0.25, 0.3) is 0 Å². The van der Waals surface area contributed by atoms with Gasteiger partial charge in [-0.25, -0.2) is 15.0 Å². The molecule has 0 aliphatic rings. The number of aryl methyl sites for hydroxylation is 1. The van der Waals surface area contributed by atoms with E-state index in [9.17, 15) is 0 Å². The molecule has 21 heavy (non-hydrogen) atoms. The summed E-state index contributed by atoms with van der Waals surface area (Å²) in [5.41, 5.74) is 2.89. The highest BCUT2D eigenvalue weighted by Gasteiger charge is 2.11. The molecule has 0 aliphatic heterocycles. The zero-order valence-corrected chi connectivity index (χ0v) is 13.6. The number of nitrogens with one attached hydrogen (secondary N) is 1. The predicted molar refractivity (Wildman–Crippen MR) is 88.3 cm³/mol. The molecule has 0 fully saturated rings. The smallest absolute Gasteiger partial charge is 0.195 e. The van der Waals surface area contributed by atoms with Crippen molar-refractivity contribution < 1.29 is 0 Å². The lowest BCUT2D eigenvalue weighted by atomic mass is 10.1. The van der Waals surface area contributed by atoms with Crippen LogP contribution in [0.15, 0.2) is 47.2 Å². The zero-order valence-electron chi connectivity index (χ0n) is 11.2. The maximum Gasteiger partial charge on any atom is 0.195 e. The summed E-state index contributed by atoms with van der Waals surface area (Å²) >= 11 is 8.82. The first kappa shape index (κ1) is 14.0. The molecule has 0 spiro atoms. The number of benzene rings is 1. The van der Waals surface area contributed by atoms with Gasteiger partial charge in [-0.2, -0.15) is 0 Å².